The molecule has 0 unspecified atom stereocenters. The molecule has 1 heterocycles. The second kappa shape index (κ2) is 5.45. The van der Waals surface area contributed by atoms with Crippen LogP contribution in [0.1, 0.15) is 13.8 Å². The molecule has 0 saturated carbocycles. The van der Waals surface area contributed by atoms with Crippen molar-refractivity contribution in [2.75, 3.05) is 6.61 Å². The maximum atomic E-state index is 11.6. The van der Waals surface area contributed by atoms with E-state index in [9.17, 15) is 4.79 Å². The first-order valence-corrected chi connectivity index (χ1v) is 6.57. The SMILES string of the molecule is CC(C)COC(=O)n1c(Br)nc(Br)c1Br. The van der Waals surface area contributed by atoms with Crippen molar-refractivity contribution in [3.05, 3.63) is 13.9 Å². The molecule has 0 aliphatic rings. The number of halogens is 3. The third-order valence-electron chi connectivity index (χ3n) is 1.46. The molecule has 0 N–H and O–H groups in total. The molecular weight excluding hydrogens is 396 g/mol. The lowest BCUT2D eigenvalue weighted by Gasteiger charge is -2.08. The maximum Gasteiger partial charge on any atom is 0.421 e. The van der Waals surface area contributed by atoms with E-state index in [1.54, 1.807) is 0 Å². The Balaban J connectivity index is 2.82. The lowest BCUT2D eigenvalue weighted by Crippen LogP contribution is -2.17. The number of rotatable bonds is 2. The van der Waals surface area contributed by atoms with Gasteiger partial charge in [0.2, 0.25) is 0 Å². The minimum absolute atomic E-state index is 0.304. The average molecular weight is 405 g/mol. The molecule has 0 amide bonds. The molecule has 0 aliphatic carbocycles. The number of hydrogen-bond donors (Lipinski definition) is 0. The van der Waals surface area contributed by atoms with E-state index in [0.29, 0.717) is 26.5 Å². The fourth-order valence-electron chi connectivity index (χ4n) is 0.808. The van der Waals surface area contributed by atoms with Crippen LogP contribution in [0.15, 0.2) is 13.9 Å². The Morgan fingerprint density at radius 2 is 2.07 bits per heavy atom. The molecule has 15 heavy (non-hydrogen) atoms. The number of nitrogens with zero attached hydrogens (tertiary/aromatic N) is 2. The Morgan fingerprint density at radius 3 is 2.47 bits per heavy atom. The van der Waals surface area contributed by atoms with Crippen molar-refractivity contribution in [1.29, 1.82) is 0 Å². The van der Waals surface area contributed by atoms with Crippen molar-refractivity contribution in [2.45, 2.75) is 13.8 Å². The van der Waals surface area contributed by atoms with Crippen LogP contribution in [-0.4, -0.2) is 22.3 Å². The molecular formula is C8H9Br3N2O2. The lowest BCUT2D eigenvalue weighted by atomic mass is 10.2. The van der Waals surface area contributed by atoms with Crippen LogP contribution in [0, 0.1) is 5.92 Å². The molecule has 0 saturated heterocycles. The minimum Gasteiger partial charge on any atom is -0.449 e. The van der Waals surface area contributed by atoms with Gasteiger partial charge in [-0.25, -0.2) is 14.3 Å². The molecule has 7 heteroatoms. The molecule has 0 aliphatic heterocycles. The average Bonchev–Trinajstić information content (AvgIpc) is 2.37. The Bertz CT molecular complexity index is 376. The van der Waals surface area contributed by atoms with Crippen LogP contribution in [0.3, 0.4) is 0 Å². The minimum atomic E-state index is -0.458. The number of ether oxygens (including phenoxy) is 1. The van der Waals surface area contributed by atoms with E-state index in [1.807, 2.05) is 13.8 Å². The molecule has 0 spiro atoms. The smallest absolute Gasteiger partial charge is 0.421 e. The summed E-state index contributed by atoms with van der Waals surface area (Å²) in [6.45, 7) is 4.33. The summed E-state index contributed by atoms with van der Waals surface area (Å²) in [5.41, 5.74) is 0. The Kier molecular flexibility index (Phi) is 4.79. The second-order valence-corrected chi connectivity index (χ2v) is 5.48. The van der Waals surface area contributed by atoms with Crippen molar-refractivity contribution in [1.82, 2.24) is 9.55 Å². The Hall–Kier alpha value is 0.120. The summed E-state index contributed by atoms with van der Waals surface area (Å²) in [5.74, 6) is 0.304. The summed E-state index contributed by atoms with van der Waals surface area (Å²) < 4.78 is 7.85. The molecule has 84 valence electrons. The summed E-state index contributed by atoms with van der Waals surface area (Å²) >= 11 is 9.60. The van der Waals surface area contributed by atoms with E-state index in [-0.39, 0.29) is 0 Å². The number of imidazole rings is 1. The fraction of sp³-hybridized carbons (Fsp3) is 0.500. The van der Waals surface area contributed by atoms with E-state index in [0.717, 1.165) is 0 Å². The van der Waals surface area contributed by atoms with Crippen LogP contribution in [0.4, 0.5) is 4.79 Å². The first kappa shape index (κ1) is 13.2. The summed E-state index contributed by atoms with van der Waals surface area (Å²) in [5, 5.41) is 0. The second-order valence-electron chi connectivity index (χ2n) is 3.27. The Morgan fingerprint density at radius 1 is 1.47 bits per heavy atom. The van der Waals surface area contributed by atoms with E-state index in [2.05, 4.69) is 52.8 Å². The molecule has 0 atom stereocenters. The van der Waals surface area contributed by atoms with Gasteiger partial charge in [-0.1, -0.05) is 13.8 Å². The van der Waals surface area contributed by atoms with Gasteiger partial charge in [0.25, 0.3) is 0 Å². The largest absolute Gasteiger partial charge is 0.449 e. The van der Waals surface area contributed by atoms with Gasteiger partial charge in [-0.15, -0.1) is 0 Å². The zero-order valence-electron chi connectivity index (χ0n) is 8.13. The highest BCUT2D eigenvalue weighted by Crippen LogP contribution is 2.26. The van der Waals surface area contributed by atoms with E-state index in [4.69, 9.17) is 4.74 Å². The third kappa shape index (κ3) is 3.29. The first-order chi connectivity index (χ1) is 6.93. The number of carbonyl (C=O) groups excluding carboxylic acids is 1. The van der Waals surface area contributed by atoms with Gasteiger partial charge in [-0.05, 0) is 53.7 Å². The van der Waals surface area contributed by atoms with Crippen molar-refractivity contribution in [3.8, 4) is 0 Å². The molecule has 4 nitrogen and oxygen atoms in total. The van der Waals surface area contributed by atoms with Crippen molar-refractivity contribution < 1.29 is 9.53 Å². The number of hydrogen-bond acceptors (Lipinski definition) is 3. The Labute approximate surface area is 113 Å². The molecule has 0 radical (unpaired) electrons. The molecule has 1 aromatic heterocycles. The van der Waals surface area contributed by atoms with E-state index < -0.39 is 6.09 Å². The van der Waals surface area contributed by atoms with Gasteiger partial charge < -0.3 is 4.74 Å². The zero-order chi connectivity index (χ0) is 11.6. The van der Waals surface area contributed by atoms with E-state index >= 15 is 0 Å². The summed E-state index contributed by atoms with van der Waals surface area (Å²) in [4.78, 5) is 15.6. The van der Waals surface area contributed by atoms with Crippen LogP contribution >= 0.6 is 47.8 Å². The third-order valence-corrected chi connectivity index (χ3v) is 3.81. The number of carbonyl (C=O) groups is 1. The maximum absolute atomic E-state index is 11.6. The van der Waals surface area contributed by atoms with Gasteiger partial charge >= 0.3 is 6.09 Å². The van der Waals surface area contributed by atoms with Gasteiger partial charge in [0.05, 0.1) is 6.61 Å². The topological polar surface area (TPSA) is 44.1 Å². The molecule has 0 aromatic carbocycles. The molecule has 1 aromatic rings. The summed E-state index contributed by atoms with van der Waals surface area (Å²) in [6, 6.07) is 0. The standard InChI is InChI=1S/C8H9Br3N2O2/c1-4(2)3-15-8(14)13-6(10)5(9)12-7(13)11/h4H,3H2,1-2H3. The highest BCUT2D eigenvalue weighted by Gasteiger charge is 2.18. The normalized spacial score (nSPS) is 10.8. The zero-order valence-corrected chi connectivity index (χ0v) is 12.9. The predicted molar refractivity (Wildman–Crippen MR) is 66.9 cm³/mol. The fourth-order valence-corrected chi connectivity index (χ4v) is 2.53. The van der Waals surface area contributed by atoms with Crippen molar-refractivity contribution >= 4 is 53.9 Å². The van der Waals surface area contributed by atoms with Crippen LogP contribution < -0.4 is 0 Å². The van der Waals surface area contributed by atoms with Gasteiger partial charge in [0.15, 0.2) is 4.73 Å². The summed E-state index contributed by atoms with van der Waals surface area (Å²) in [6.07, 6.45) is -0.458. The van der Waals surface area contributed by atoms with Crippen LogP contribution in [-0.2, 0) is 4.74 Å². The highest BCUT2D eigenvalue weighted by molar-refractivity contribution is 9.13. The predicted octanol–water partition coefficient (Wildman–Crippen LogP) is 3.81. The van der Waals surface area contributed by atoms with Crippen molar-refractivity contribution in [2.24, 2.45) is 5.92 Å². The van der Waals surface area contributed by atoms with E-state index in [1.165, 1.54) is 4.57 Å². The van der Waals surface area contributed by atoms with Gasteiger partial charge in [-0.2, -0.15) is 0 Å². The lowest BCUT2D eigenvalue weighted by molar-refractivity contribution is 0.133. The summed E-state index contributed by atoms with van der Waals surface area (Å²) in [7, 11) is 0. The van der Waals surface area contributed by atoms with Crippen LogP contribution in [0.5, 0.6) is 0 Å². The monoisotopic (exact) mass is 402 g/mol. The van der Waals surface area contributed by atoms with Gasteiger partial charge in [0, 0.05) is 0 Å². The quantitative estimate of drug-likeness (QED) is 0.752. The number of aromatic nitrogens is 2. The first-order valence-electron chi connectivity index (χ1n) is 4.19. The van der Waals surface area contributed by atoms with Crippen molar-refractivity contribution in [3.63, 3.8) is 0 Å². The highest BCUT2D eigenvalue weighted by atomic mass is 79.9. The molecule has 0 bridgehead atoms. The van der Waals surface area contributed by atoms with Crippen LogP contribution in [0.25, 0.3) is 0 Å². The van der Waals surface area contributed by atoms with Gasteiger partial charge in [0.1, 0.15) is 9.21 Å². The molecule has 1 rings (SSSR count). The molecule has 0 fully saturated rings. The van der Waals surface area contributed by atoms with Gasteiger partial charge in [-0.3, -0.25) is 0 Å². The van der Waals surface area contributed by atoms with Crippen LogP contribution in [0.2, 0.25) is 0 Å².